The van der Waals surface area contributed by atoms with Gasteiger partial charge in [-0.3, -0.25) is 0 Å². The number of halogens is 1. The van der Waals surface area contributed by atoms with E-state index in [1.165, 1.54) is 24.3 Å². The van der Waals surface area contributed by atoms with Gasteiger partial charge in [-0.15, -0.1) is 0 Å². The molecule has 0 spiro atoms. The Balaban J connectivity index is 2.44. The van der Waals surface area contributed by atoms with Crippen LogP contribution in [0.25, 0.3) is 5.57 Å². The molecule has 0 heterocycles. The molecule has 2 rings (SSSR count). The minimum absolute atomic E-state index is 0.354. The smallest absolute Gasteiger partial charge is 0.331 e. The highest BCUT2D eigenvalue weighted by molar-refractivity contribution is 6.02. The zero-order valence-corrected chi connectivity index (χ0v) is 22.7. The average molecular weight is 498 g/mol. The van der Waals surface area contributed by atoms with Crippen LogP contribution in [-0.4, -0.2) is 30.7 Å². The normalized spacial score (nSPS) is 12.0. The van der Waals surface area contributed by atoms with Crippen molar-refractivity contribution in [1.82, 2.24) is 0 Å². The molecule has 2 amide bonds. The van der Waals surface area contributed by atoms with Crippen molar-refractivity contribution in [1.29, 1.82) is 0 Å². The van der Waals surface area contributed by atoms with Crippen molar-refractivity contribution in [3.63, 3.8) is 0 Å². The predicted octanol–water partition coefficient (Wildman–Crippen LogP) is 7.33. The van der Waals surface area contributed by atoms with Crippen LogP contribution in [0, 0.1) is 17.7 Å². The van der Waals surface area contributed by atoms with Crippen LogP contribution in [0.4, 0.5) is 26.2 Å². The molecule has 7 heteroatoms. The summed E-state index contributed by atoms with van der Waals surface area (Å²) in [6.45, 7) is 17.5. The maximum atomic E-state index is 13.6. The third-order valence-corrected chi connectivity index (χ3v) is 5.04. The first-order valence-corrected chi connectivity index (χ1v) is 12.4. The van der Waals surface area contributed by atoms with E-state index in [4.69, 9.17) is 4.74 Å². The van der Waals surface area contributed by atoms with Crippen LogP contribution in [0.2, 0.25) is 0 Å². The second-order valence-corrected chi connectivity index (χ2v) is 10.9. The quantitative estimate of drug-likeness (QED) is 0.281. The van der Waals surface area contributed by atoms with Crippen molar-refractivity contribution >= 4 is 34.6 Å². The van der Waals surface area contributed by atoms with Crippen LogP contribution in [0.5, 0.6) is 0 Å². The van der Waals surface area contributed by atoms with Gasteiger partial charge >= 0.3 is 12.0 Å². The summed E-state index contributed by atoms with van der Waals surface area (Å²) in [7, 11) is 0. The molecule has 6 nitrogen and oxygen atoms in total. The third-order valence-electron chi connectivity index (χ3n) is 5.04. The van der Waals surface area contributed by atoms with Gasteiger partial charge in [0.2, 0.25) is 0 Å². The van der Waals surface area contributed by atoms with Crippen molar-refractivity contribution in [3.8, 4) is 0 Å². The number of allylic oxidation sites excluding steroid dienone is 1. The molecular formula is C29H40FN3O3. The molecule has 0 fully saturated rings. The maximum Gasteiger partial charge on any atom is 0.331 e. The molecule has 0 unspecified atom stereocenters. The lowest BCUT2D eigenvalue weighted by atomic mass is 10.0. The minimum atomic E-state index is -0.590. The summed E-state index contributed by atoms with van der Waals surface area (Å²) in [5.41, 5.74) is 2.73. The van der Waals surface area contributed by atoms with Crippen molar-refractivity contribution in [2.24, 2.45) is 11.8 Å². The Kier molecular flexibility index (Phi) is 10.1. The average Bonchev–Trinajstić information content (AvgIpc) is 2.71. The molecule has 36 heavy (non-hydrogen) atoms. The Hall–Kier alpha value is -3.35. The van der Waals surface area contributed by atoms with Crippen molar-refractivity contribution in [2.75, 3.05) is 28.6 Å². The van der Waals surface area contributed by atoms with E-state index in [-0.39, 0.29) is 0 Å². The van der Waals surface area contributed by atoms with Gasteiger partial charge in [0.25, 0.3) is 0 Å². The molecule has 0 bridgehead atoms. The molecule has 2 aromatic carbocycles. The number of rotatable bonds is 9. The van der Waals surface area contributed by atoms with Crippen LogP contribution in [0.3, 0.4) is 0 Å². The Morgan fingerprint density at radius 1 is 1.00 bits per heavy atom. The number of benzene rings is 2. The van der Waals surface area contributed by atoms with Gasteiger partial charge in [0, 0.05) is 24.9 Å². The summed E-state index contributed by atoms with van der Waals surface area (Å²) in [6, 6.07) is 11.0. The molecule has 2 N–H and O–H groups in total. The number of amides is 2. The van der Waals surface area contributed by atoms with E-state index >= 15 is 0 Å². The van der Waals surface area contributed by atoms with Gasteiger partial charge in [0.15, 0.2) is 0 Å². The number of hydrogen-bond acceptors (Lipinski definition) is 4. The van der Waals surface area contributed by atoms with Crippen molar-refractivity contribution in [2.45, 2.75) is 61.0 Å². The topological polar surface area (TPSA) is 70.7 Å². The fourth-order valence-electron chi connectivity index (χ4n) is 3.75. The van der Waals surface area contributed by atoms with Gasteiger partial charge in [-0.2, -0.15) is 0 Å². The molecule has 0 radical (unpaired) electrons. The third kappa shape index (κ3) is 9.72. The Bertz CT molecular complexity index is 1080. The maximum absolute atomic E-state index is 13.6. The molecule has 0 aliphatic heterocycles. The number of esters is 1. The Morgan fingerprint density at radius 2 is 1.64 bits per heavy atom. The van der Waals surface area contributed by atoms with E-state index in [1.54, 1.807) is 6.07 Å². The SMILES string of the molecule is C/C(=C\C(=O)OC(C)(C)C)c1ccc(N(CC(C)C)CC(C)C)c(NC(=O)Nc2cccc(F)c2)c1. The standard InChI is InChI=1S/C29H40FN3O3/c1-19(2)17-33(18-20(3)4)26-13-12-22(21(5)14-27(34)36-29(6,7)8)15-25(26)32-28(35)31-24-11-9-10-23(30)16-24/h9-16,19-20H,17-18H2,1-8H3,(H2,31,32,35)/b21-14+. The van der Waals surface area contributed by atoms with Gasteiger partial charge < -0.3 is 20.3 Å². The van der Waals surface area contributed by atoms with Crippen LogP contribution in [-0.2, 0) is 9.53 Å². The molecular weight excluding hydrogens is 457 g/mol. The lowest BCUT2D eigenvalue weighted by Gasteiger charge is -2.31. The predicted molar refractivity (Wildman–Crippen MR) is 147 cm³/mol. The second-order valence-electron chi connectivity index (χ2n) is 10.9. The fourth-order valence-corrected chi connectivity index (χ4v) is 3.75. The number of anilines is 3. The van der Waals surface area contributed by atoms with Gasteiger partial charge in [-0.05, 0) is 81.0 Å². The van der Waals surface area contributed by atoms with E-state index in [9.17, 15) is 14.0 Å². The first kappa shape index (κ1) is 28.9. The number of carbonyl (C=O) groups excluding carboxylic acids is 2. The van der Waals surface area contributed by atoms with Crippen LogP contribution < -0.4 is 15.5 Å². The summed E-state index contributed by atoms with van der Waals surface area (Å²) < 4.78 is 19.0. The fraction of sp³-hybridized carbons (Fsp3) is 0.448. The molecule has 0 aliphatic carbocycles. The van der Waals surface area contributed by atoms with E-state index < -0.39 is 23.4 Å². The van der Waals surface area contributed by atoms with Crippen molar-refractivity contribution < 1.29 is 18.7 Å². The highest BCUT2D eigenvalue weighted by Crippen LogP contribution is 2.31. The number of nitrogens with zero attached hydrogens (tertiary/aromatic N) is 1. The van der Waals surface area contributed by atoms with E-state index in [1.807, 2.05) is 45.9 Å². The largest absolute Gasteiger partial charge is 0.457 e. The Labute approximate surface area is 214 Å². The lowest BCUT2D eigenvalue weighted by Crippen LogP contribution is -2.32. The van der Waals surface area contributed by atoms with Crippen LogP contribution in [0.1, 0.15) is 61.0 Å². The highest BCUT2D eigenvalue weighted by Gasteiger charge is 2.18. The molecule has 0 saturated carbocycles. The Morgan fingerprint density at radius 3 is 2.19 bits per heavy atom. The molecule has 196 valence electrons. The van der Waals surface area contributed by atoms with Crippen LogP contribution in [0.15, 0.2) is 48.5 Å². The first-order chi connectivity index (χ1) is 16.7. The van der Waals surface area contributed by atoms with Gasteiger partial charge in [-0.1, -0.05) is 39.8 Å². The highest BCUT2D eigenvalue weighted by atomic mass is 19.1. The van der Waals surface area contributed by atoms with Gasteiger partial charge in [0.05, 0.1) is 11.4 Å². The van der Waals surface area contributed by atoms with Crippen LogP contribution >= 0.6 is 0 Å². The van der Waals surface area contributed by atoms with Gasteiger partial charge in [-0.25, -0.2) is 14.0 Å². The summed E-state index contributed by atoms with van der Waals surface area (Å²) in [5, 5.41) is 5.62. The number of urea groups is 1. The molecule has 0 aliphatic rings. The second kappa shape index (κ2) is 12.6. The number of hydrogen-bond donors (Lipinski definition) is 2. The molecule has 0 aromatic heterocycles. The van der Waals surface area contributed by atoms with E-state index in [0.29, 0.717) is 28.8 Å². The zero-order chi connectivity index (χ0) is 27.0. The zero-order valence-electron chi connectivity index (χ0n) is 22.7. The summed E-state index contributed by atoms with van der Waals surface area (Å²) >= 11 is 0. The summed E-state index contributed by atoms with van der Waals surface area (Å²) in [6.07, 6.45) is 1.46. The number of carbonyl (C=O) groups is 2. The molecule has 0 atom stereocenters. The number of nitrogens with one attached hydrogen (secondary N) is 2. The minimum Gasteiger partial charge on any atom is -0.457 e. The van der Waals surface area contributed by atoms with Gasteiger partial charge in [0.1, 0.15) is 11.4 Å². The summed E-state index contributed by atoms with van der Waals surface area (Å²) in [5.74, 6) is -0.0421. The molecule has 0 saturated heterocycles. The number of ether oxygens (including phenoxy) is 1. The lowest BCUT2D eigenvalue weighted by molar-refractivity contribution is -0.148. The monoisotopic (exact) mass is 497 g/mol. The molecule has 2 aromatic rings. The van der Waals surface area contributed by atoms with E-state index in [2.05, 4.69) is 43.2 Å². The summed E-state index contributed by atoms with van der Waals surface area (Å²) in [4.78, 5) is 27.5. The van der Waals surface area contributed by atoms with E-state index in [0.717, 1.165) is 24.3 Å². The van der Waals surface area contributed by atoms with Crippen molar-refractivity contribution in [3.05, 3.63) is 59.9 Å². The first-order valence-electron chi connectivity index (χ1n) is 12.4.